The van der Waals surface area contributed by atoms with Crippen LogP contribution in [0.3, 0.4) is 0 Å². The van der Waals surface area contributed by atoms with Crippen LogP contribution in [-0.2, 0) is 4.79 Å². The third-order valence-corrected chi connectivity index (χ3v) is 2.54. The average molecular weight is 176 g/mol. The van der Waals surface area contributed by atoms with Gasteiger partial charge in [-0.3, -0.25) is 0 Å². The Morgan fingerprint density at radius 2 is 1.83 bits per heavy atom. The number of carboxylic acids is 1. The predicted octanol–water partition coefficient (Wildman–Crippen LogP) is -0.0817. The van der Waals surface area contributed by atoms with E-state index < -0.39 is 11.5 Å². The number of carboxylic acid groups (broad SMARTS) is 1. The zero-order valence-electron chi connectivity index (χ0n) is 8.16. The Kier molecular flexibility index (Phi) is 3.24. The first-order valence-electron chi connectivity index (χ1n) is 3.91. The van der Waals surface area contributed by atoms with Crippen LogP contribution in [0, 0.1) is 0 Å². The highest BCUT2D eigenvalue weighted by molar-refractivity contribution is 5.76. The molecule has 0 rings (SSSR count). The van der Waals surface area contributed by atoms with E-state index in [4.69, 9.17) is 10.2 Å². The predicted molar refractivity (Wildman–Crippen MR) is 45.8 cm³/mol. The largest absolute Gasteiger partial charge is 0.477 e. The lowest BCUT2D eigenvalue weighted by Gasteiger charge is -2.40. The molecule has 0 heterocycles. The van der Waals surface area contributed by atoms with E-state index in [1.165, 1.54) is 0 Å². The lowest BCUT2D eigenvalue weighted by molar-refractivity contribution is -0.912. The normalized spacial score (nSPS) is 17.1. The van der Waals surface area contributed by atoms with Gasteiger partial charge in [-0.15, -0.1) is 0 Å². The molecule has 0 spiro atoms. The van der Waals surface area contributed by atoms with Crippen molar-refractivity contribution in [3.05, 3.63) is 0 Å². The minimum Gasteiger partial charge on any atom is -0.477 e. The highest BCUT2D eigenvalue weighted by atomic mass is 16.4. The van der Waals surface area contributed by atoms with Crippen LogP contribution in [0.15, 0.2) is 0 Å². The van der Waals surface area contributed by atoms with Gasteiger partial charge in [0, 0.05) is 20.0 Å². The molecule has 4 nitrogen and oxygen atoms in total. The van der Waals surface area contributed by atoms with Crippen LogP contribution in [0.2, 0.25) is 0 Å². The number of aliphatic hydroxyl groups is 1. The minimum absolute atomic E-state index is 0.0989. The van der Waals surface area contributed by atoms with Gasteiger partial charge in [0.05, 0.1) is 21.1 Å². The summed E-state index contributed by atoms with van der Waals surface area (Å²) in [5.41, 5.74) is -0.908. The van der Waals surface area contributed by atoms with Crippen LogP contribution < -0.4 is 0 Å². The van der Waals surface area contributed by atoms with Crippen molar-refractivity contribution in [1.29, 1.82) is 0 Å². The third-order valence-electron chi connectivity index (χ3n) is 2.54. The number of nitrogens with zero attached hydrogens (tertiary/aromatic N) is 1. The monoisotopic (exact) mass is 176 g/mol. The zero-order valence-corrected chi connectivity index (χ0v) is 8.16. The summed E-state index contributed by atoms with van der Waals surface area (Å²) in [6, 6.07) is 0. The Labute approximate surface area is 73.0 Å². The molecule has 0 aromatic heterocycles. The van der Waals surface area contributed by atoms with E-state index in [0.29, 0.717) is 4.48 Å². The molecule has 0 amide bonds. The van der Waals surface area contributed by atoms with Crippen molar-refractivity contribution in [2.24, 2.45) is 0 Å². The molecule has 2 N–H and O–H groups in total. The number of hydrogen-bond acceptors (Lipinski definition) is 2. The van der Waals surface area contributed by atoms with E-state index in [2.05, 4.69) is 0 Å². The van der Waals surface area contributed by atoms with Crippen LogP contribution in [0.5, 0.6) is 0 Å². The number of aliphatic carboxylic acids is 1. The summed E-state index contributed by atoms with van der Waals surface area (Å²) in [5, 5.41) is 17.7. The highest BCUT2D eigenvalue weighted by Crippen LogP contribution is 2.22. The second-order valence-corrected chi connectivity index (χ2v) is 4.07. The van der Waals surface area contributed by atoms with E-state index in [1.807, 2.05) is 21.1 Å². The Bertz CT molecular complexity index is 174. The van der Waals surface area contributed by atoms with Crippen molar-refractivity contribution in [2.45, 2.75) is 18.9 Å². The van der Waals surface area contributed by atoms with Crippen LogP contribution in [0.1, 0.15) is 13.3 Å². The number of rotatable bonds is 4. The molecule has 0 aromatic carbocycles. The standard InChI is InChI=1S/C8H17NO3/c1-8(5-6-10,7(11)12)9(2,3)4/h10H,5-6H2,1-4H3/p+1. The summed E-state index contributed by atoms with van der Waals surface area (Å²) >= 11 is 0. The van der Waals surface area contributed by atoms with Crippen LogP contribution >= 0.6 is 0 Å². The number of hydrogen-bond donors (Lipinski definition) is 2. The summed E-state index contributed by atoms with van der Waals surface area (Å²) in [5.74, 6) is -0.871. The van der Waals surface area contributed by atoms with Crippen LogP contribution in [0.25, 0.3) is 0 Å². The van der Waals surface area contributed by atoms with Crippen molar-refractivity contribution >= 4 is 5.97 Å². The molecule has 0 bridgehead atoms. The Morgan fingerprint density at radius 1 is 1.42 bits per heavy atom. The molecule has 0 saturated carbocycles. The van der Waals surface area contributed by atoms with Gasteiger partial charge in [0.1, 0.15) is 0 Å². The maximum absolute atomic E-state index is 10.9. The molecule has 0 fully saturated rings. The molecule has 0 aliphatic carbocycles. The van der Waals surface area contributed by atoms with Gasteiger partial charge in [-0.25, -0.2) is 4.79 Å². The molecule has 12 heavy (non-hydrogen) atoms. The van der Waals surface area contributed by atoms with Gasteiger partial charge in [0.2, 0.25) is 0 Å². The lowest BCUT2D eigenvalue weighted by atomic mass is 9.95. The smallest absolute Gasteiger partial charge is 0.365 e. The average Bonchev–Trinajstić information content (AvgIpc) is 1.85. The molecule has 0 radical (unpaired) electrons. The molecule has 1 atom stereocenters. The van der Waals surface area contributed by atoms with Gasteiger partial charge >= 0.3 is 5.97 Å². The van der Waals surface area contributed by atoms with Crippen molar-refractivity contribution in [3.63, 3.8) is 0 Å². The van der Waals surface area contributed by atoms with Gasteiger partial charge < -0.3 is 14.7 Å². The second kappa shape index (κ2) is 3.41. The lowest BCUT2D eigenvalue weighted by Crippen LogP contribution is -2.60. The molecule has 4 heteroatoms. The molecule has 0 saturated heterocycles. The molecule has 72 valence electrons. The Morgan fingerprint density at radius 3 is 1.92 bits per heavy atom. The van der Waals surface area contributed by atoms with Crippen LogP contribution in [0.4, 0.5) is 0 Å². The van der Waals surface area contributed by atoms with Gasteiger partial charge in [-0.2, -0.15) is 0 Å². The molecule has 0 aliphatic rings. The molecule has 1 unspecified atom stereocenters. The van der Waals surface area contributed by atoms with E-state index in [-0.39, 0.29) is 13.0 Å². The number of quaternary nitrogens is 1. The maximum Gasteiger partial charge on any atom is 0.365 e. The molecular weight excluding hydrogens is 158 g/mol. The van der Waals surface area contributed by atoms with E-state index in [0.717, 1.165) is 0 Å². The fourth-order valence-electron chi connectivity index (χ4n) is 0.947. The van der Waals surface area contributed by atoms with Gasteiger partial charge in [-0.1, -0.05) is 0 Å². The fourth-order valence-corrected chi connectivity index (χ4v) is 0.947. The summed E-state index contributed by atoms with van der Waals surface area (Å²) in [6.45, 7) is 1.55. The number of aliphatic hydroxyl groups excluding tert-OH is 1. The summed E-state index contributed by atoms with van der Waals surface area (Å²) in [6.07, 6.45) is 0.270. The maximum atomic E-state index is 10.9. The van der Waals surface area contributed by atoms with Crippen molar-refractivity contribution in [2.75, 3.05) is 27.7 Å². The van der Waals surface area contributed by atoms with Crippen molar-refractivity contribution in [3.8, 4) is 0 Å². The molecular formula is C8H18NO3+. The van der Waals surface area contributed by atoms with Gasteiger partial charge in [-0.05, 0) is 0 Å². The van der Waals surface area contributed by atoms with Crippen LogP contribution in [-0.4, -0.2) is 54.0 Å². The number of carbonyl (C=O) groups is 1. The first-order valence-corrected chi connectivity index (χ1v) is 3.91. The van der Waals surface area contributed by atoms with E-state index in [9.17, 15) is 4.79 Å². The summed E-state index contributed by atoms with van der Waals surface area (Å²) < 4.78 is 0.308. The van der Waals surface area contributed by atoms with E-state index in [1.54, 1.807) is 6.92 Å². The molecule has 0 aromatic rings. The van der Waals surface area contributed by atoms with Gasteiger partial charge in [0.15, 0.2) is 5.54 Å². The van der Waals surface area contributed by atoms with Gasteiger partial charge in [0.25, 0.3) is 0 Å². The summed E-state index contributed by atoms with van der Waals surface area (Å²) in [7, 11) is 5.43. The van der Waals surface area contributed by atoms with Crippen molar-refractivity contribution < 1.29 is 19.5 Å². The SMILES string of the molecule is CC(CCO)(C(=O)O)[N+](C)(C)C. The fraction of sp³-hybridized carbons (Fsp3) is 0.875. The van der Waals surface area contributed by atoms with Crippen molar-refractivity contribution in [1.82, 2.24) is 0 Å². The second-order valence-electron chi connectivity index (χ2n) is 4.07. The first kappa shape index (κ1) is 11.4. The van der Waals surface area contributed by atoms with E-state index >= 15 is 0 Å². The first-order chi connectivity index (χ1) is 5.25. The zero-order chi connectivity index (χ0) is 9.99. The highest BCUT2D eigenvalue weighted by Gasteiger charge is 2.45. The Hall–Kier alpha value is -0.610. The third kappa shape index (κ3) is 1.95. The summed E-state index contributed by atoms with van der Waals surface area (Å²) in [4.78, 5) is 10.9. The molecule has 0 aliphatic heterocycles. The Balaban J connectivity index is 4.75. The topological polar surface area (TPSA) is 57.5 Å². The quantitative estimate of drug-likeness (QED) is 0.589. The number of likely N-dealkylation sites (N-methyl/N-ethyl adjacent to an activating group) is 1. The minimum atomic E-state index is -0.908.